The maximum Gasteiger partial charge on any atom is 0.161 e. The molecule has 4 nitrogen and oxygen atoms in total. The lowest BCUT2D eigenvalue weighted by molar-refractivity contribution is 0.0736. The van der Waals surface area contributed by atoms with Crippen molar-refractivity contribution in [3.8, 4) is 0 Å². The number of hydrogen-bond acceptors (Lipinski definition) is 4. The van der Waals surface area contributed by atoms with Crippen molar-refractivity contribution in [2.45, 2.75) is 70.9 Å². The number of halogens is 2. The van der Waals surface area contributed by atoms with Crippen LogP contribution >= 0.6 is 0 Å². The first kappa shape index (κ1) is 22.4. The lowest BCUT2D eigenvalue weighted by Crippen LogP contribution is -2.39. The van der Waals surface area contributed by atoms with Gasteiger partial charge in [0.05, 0.1) is 12.1 Å². The maximum atomic E-state index is 13.8. The summed E-state index contributed by atoms with van der Waals surface area (Å²) >= 11 is 0. The molecule has 0 spiro atoms. The molecule has 1 aliphatic carbocycles. The number of pyridine rings is 1. The number of rotatable bonds is 8. The number of fused-ring (bicyclic) bond motifs is 1. The Bertz CT molecular complexity index is 883. The number of aliphatic hydroxyl groups is 1. The van der Waals surface area contributed by atoms with Crippen LogP contribution in [0.3, 0.4) is 0 Å². The highest BCUT2D eigenvalue weighted by molar-refractivity contribution is 5.82. The van der Waals surface area contributed by atoms with Crippen LogP contribution < -0.4 is 4.90 Å². The Balaban J connectivity index is 1.47. The van der Waals surface area contributed by atoms with E-state index in [9.17, 15) is 13.9 Å². The van der Waals surface area contributed by atoms with Crippen LogP contribution in [-0.4, -0.2) is 35.9 Å². The summed E-state index contributed by atoms with van der Waals surface area (Å²) in [6, 6.07) is 4.46. The third-order valence-electron chi connectivity index (χ3n) is 7.09. The van der Waals surface area contributed by atoms with Crippen molar-refractivity contribution >= 4 is 16.7 Å². The largest absolute Gasteiger partial charge is 0.392 e. The minimum Gasteiger partial charge on any atom is -0.392 e. The summed E-state index contributed by atoms with van der Waals surface area (Å²) in [5.41, 5.74) is 1.12. The Morgan fingerprint density at radius 1 is 1.10 bits per heavy atom. The van der Waals surface area contributed by atoms with Crippen LogP contribution in [0.5, 0.6) is 0 Å². The van der Waals surface area contributed by atoms with E-state index in [4.69, 9.17) is 4.74 Å². The van der Waals surface area contributed by atoms with Crippen LogP contribution in [0.4, 0.5) is 14.6 Å². The molecule has 1 atom stereocenters. The zero-order valence-corrected chi connectivity index (χ0v) is 18.5. The molecule has 2 fully saturated rings. The van der Waals surface area contributed by atoms with Crippen LogP contribution in [-0.2, 0) is 11.3 Å². The number of aromatic nitrogens is 1. The Labute approximate surface area is 183 Å². The highest BCUT2D eigenvalue weighted by atomic mass is 19.2. The quantitative estimate of drug-likeness (QED) is 0.552. The smallest absolute Gasteiger partial charge is 0.161 e. The number of benzene rings is 1. The van der Waals surface area contributed by atoms with E-state index < -0.39 is 11.6 Å². The van der Waals surface area contributed by atoms with Gasteiger partial charge in [-0.1, -0.05) is 13.3 Å². The molecule has 1 aliphatic heterocycles. The molecule has 0 unspecified atom stereocenters. The van der Waals surface area contributed by atoms with Crippen LogP contribution in [0, 0.1) is 23.5 Å². The minimum atomic E-state index is -0.889. The van der Waals surface area contributed by atoms with Crippen LogP contribution in [0.1, 0.15) is 63.9 Å². The van der Waals surface area contributed by atoms with Crippen molar-refractivity contribution in [1.82, 2.24) is 4.98 Å². The van der Waals surface area contributed by atoms with Gasteiger partial charge in [0.15, 0.2) is 11.6 Å². The van der Waals surface area contributed by atoms with Crippen LogP contribution in [0.2, 0.25) is 0 Å². The predicted molar refractivity (Wildman–Crippen MR) is 119 cm³/mol. The van der Waals surface area contributed by atoms with Crippen molar-refractivity contribution < 1.29 is 18.6 Å². The first-order valence-corrected chi connectivity index (χ1v) is 11.8. The summed E-state index contributed by atoms with van der Waals surface area (Å²) in [5, 5.41) is 10.5. The lowest BCUT2D eigenvalue weighted by atomic mass is 9.78. The molecule has 2 aromatic rings. The fourth-order valence-corrected chi connectivity index (χ4v) is 5.35. The van der Waals surface area contributed by atoms with Gasteiger partial charge in [0.1, 0.15) is 5.82 Å². The molecular weight excluding hydrogens is 398 g/mol. The molecule has 1 aromatic carbocycles. The average Bonchev–Trinajstić information content (AvgIpc) is 3.27. The molecule has 6 heteroatoms. The zero-order chi connectivity index (χ0) is 21.8. The van der Waals surface area contributed by atoms with E-state index in [0.717, 1.165) is 57.0 Å². The second kappa shape index (κ2) is 10.2. The molecule has 170 valence electrons. The maximum absolute atomic E-state index is 13.8. The molecule has 1 N–H and O–H groups in total. The van der Waals surface area contributed by atoms with E-state index in [1.807, 2.05) is 0 Å². The monoisotopic (exact) mass is 432 g/mol. The van der Waals surface area contributed by atoms with Gasteiger partial charge in [0.2, 0.25) is 0 Å². The van der Waals surface area contributed by atoms with E-state index in [2.05, 4.69) is 16.8 Å². The van der Waals surface area contributed by atoms with Gasteiger partial charge in [0.25, 0.3) is 0 Å². The number of aliphatic hydroxyl groups excluding tert-OH is 1. The molecule has 0 amide bonds. The van der Waals surface area contributed by atoms with Gasteiger partial charge in [-0.05, 0) is 68.9 Å². The molecule has 1 aromatic heterocycles. The summed E-state index contributed by atoms with van der Waals surface area (Å²) in [6.45, 7) is 4.66. The fourth-order valence-electron chi connectivity index (χ4n) is 5.35. The second-order valence-corrected chi connectivity index (χ2v) is 9.20. The van der Waals surface area contributed by atoms with Crippen LogP contribution in [0.25, 0.3) is 10.9 Å². The summed E-state index contributed by atoms with van der Waals surface area (Å²) in [6.07, 6.45) is 9.28. The van der Waals surface area contributed by atoms with E-state index in [-0.39, 0.29) is 6.61 Å². The highest BCUT2D eigenvalue weighted by Gasteiger charge is 2.36. The summed E-state index contributed by atoms with van der Waals surface area (Å²) in [4.78, 5) is 7.00. The number of unbranched alkanes of at least 4 members (excludes halogenated alkanes) is 1. The molecule has 2 heterocycles. The summed E-state index contributed by atoms with van der Waals surface area (Å²) in [7, 11) is 0. The third-order valence-corrected chi connectivity index (χ3v) is 7.09. The van der Waals surface area contributed by atoms with Gasteiger partial charge in [-0.15, -0.1) is 0 Å². The fraction of sp³-hybridized carbons (Fsp3) is 0.640. The zero-order valence-electron chi connectivity index (χ0n) is 18.5. The van der Waals surface area contributed by atoms with Crippen molar-refractivity contribution in [3.63, 3.8) is 0 Å². The van der Waals surface area contributed by atoms with Gasteiger partial charge in [-0.25, -0.2) is 13.8 Å². The standard InChI is InChI=1S/C25H34F2N2O2/c1-2-3-11-31-16-17-6-8-18(9-7-17)24-5-4-10-29(24)25-20(15-30)12-19-13-21(26)22(27)14-23(19)28-25/h12-14,17-18,24,30H,2-11,15-16H2,1H3/t17?,18?,24-/m1/s1. The molecule has 1 saturated heterocycles. The molecule has 0 radical (unpaired) electrons. The van der Waals surface area contributed by atoms with E-state index in [1.165, 1.54) is 32.1 Å². The number of anilines is 1. The molecule has 2 aliphatic rings. The molecule has 1 saturated carbocycles. The van der Waals surface area contributed by atoms with Gasteiger partial charge < -0.3 is 14.7 Å². The molecular formula is C25H34F2N2O2. The summed E-state index contributed by atoms with van der Waals surface area (Å²) in [5.74, 6) is 0.213. The number of ether oxygens (including phenoxy) is 1. The molecule has 31 heavy (non-hydrogen) atoms. The van der Waals surface area contributed by atoms with Crippen molar-refractivity contribution in [2.75, 3.05) is 24.7 Å². The second-order valence-electron chi connectivity index (χ2n) is 9.20. The average molecular weight is 433 g/mol. The number of nitrogens with zero attached hydrogens (tertiary/aromatic N) is 2. The predicted octanol–water partition coefficient (Wildman–Crippen LogP) is 5.60. The Morgan fingerprint density at radius 2 is 1.87 bits per heavy atom. The Morgan fingerprint density at radius 3 is 2.61 bits per heavy atom. The van der Waals surface area contributed by atoms with Crippen molar-refractivity contribution in [2.24, 2.45) is 11.8 Å². The number of hydrogen-bond donors (Lipinski definition) is 1. The Kier molecular flexibility index (Phi) is 7.39. The third kappa shape index (κ3) is 5.01. The highest BCUT2D eigenvalue weighted by Crippen LogP contribution is 2.39. The van der Waals surface area contributed by atoms with Crippen molar-refractivity contribution in [3.05, 3.63) is 35.4 Å². The lowest BCUT2D eigenvalue weighted by Gasteiger charge is -2.37. The topological polar surface area (TPSA) is 45.6 Å². The summed E-state index contributed by atoms with van der Waals surface area (Å²) < 4.78 is 33.3. The first-order valence-electron chi connectivity index (χ1n) is 11.8. The van der Waals surface area contributed by atoms with Gasteiger partial charge in [0, 0.05) is 42.8 Å². The van der Waals surface area contributed by atoms with E-state index >= 15 is 0 Å². The first-order chi connectivity index (χ1) is 15.1. The minimum absolute atomic E-state index is 0.164. The molecule has 4 rings (SSSR count). The van der Waals surface area contributed by atoms with Gasteiger partial charge in [-0.3, -0.25) is 0 Å². The van der Waals surface area contributed by atoms with Gasteiger partial charge in [-0.2, -0.15) is 0 Å². The van der Waals surface area contributed by atoms with E-state index in [1.54, 1.807) is 6.07 Å². The van der Waals surface area contributed by atoms with Crippen molar-refractivity contribution in [1.29, 1.82) is 0 Å². The van der Waals surface area contributed by atoms with Gasteiger partial charge >= 0.3 is 0 Å². The SMILES string of the molecule is CCCCOCC1CCC([C@H]2CCCN2c2nc3cc(F)c(F)cc3cc2CO)CC1. The van der Waals surface area contributed by atoms with E-state index in [0.29, 0.717) is 34.3 Å². The Hall–Kier alpha value is -1.79. The molecule has 0 bridgehead atoms. The van der Waals surface area contributed by atoms with Crippen LogP contribution in [0.15, 0.2) is 18.2 Å². The normalized spacial score (nSPS) is 24.3.